The Morgan fingerprint density at radius 2 is 2.03 bits per heavy atom. The number of nitrogens with zero attached hydrogens (tertiary/aromatic N) is 4. The highest BCUT2D eigenvalue weighted by Crippen LogP contribution is 2.28. The maximum Gasteiger partial charge on any atom is 0.256 e. The van der Waals surface area contributed by atoms with E-state index in [0.717, 1.165) is 46.4 Å². The normalized spacial score (nSPS) is 14.4. The fourth-order valence-electron chi connectivity index (χ4n) is 3.66. The minimum absolute atomic E-state index is 0.192. The summed E-state index contributed by atoms with van der Waals surface area (Å²) in [5.74, 6) is 0.332. The Morgan fingerprint density at radius 3 is 2.84 bits per heavy atom. The smallest absolute Gasteiger partial charge is 0.256 e. The molecule has 1 amide bonds. The molecule has 6 nitrogen and oxygen atoms in total. The molecule has 0 saturated heterocycles. The van der Waals surface area contributed by atoms with Crippen LogP contribution >= 0.6 is 11.3 Å². The Bertz CT molecular complexity index is 1280. The third kappa shape index (κ3) is 4.23. The first-order valence-corrected chi connectivity index (χ1v) is 11.0. The van der Waals surface area contributed by atoms with Gasteiger partial charge in [0.05, 0.1) is 16.1 Å². The molecule has 0 unspecified atom stereocenters. The lowest BCUT2D eigenvalue weighted by molar-refractivity contribution is 0.102. The van der Waals surface area contributed by atoms with Crippen LogP contribution in [0.15, 0.2) is 66.6 Å². The number of hydrogen-bond donors (Lipinski definition) is 1. The highest BCUT2D eigenvalue weighted by Gasteiger charge is 2.14. The molecule has 154 valence electrons. The SMILES string of the molecule is CN1CC=C(c2cc(C(=O)Nc3cc4cc(-c5cncs5)ccc4cn3)ccn2)CC1. The van der Waals surface area contributed by atoms with Gasteiger partial charge < -0.3 is 10.2 Å². The number of pyridine rings is 2. The number of benzene rings is 1. The van der Waals surface area contributed by atoms with Crippen LogP contribution in [0.4, 0.5) is 5.82 Å². The molecule has 0 spiro atoms. The summed E-state index contributed by atoms with van der Waals surface area (Å²) in [5, 5.41) is 4.96. The number of aromatic nitrogens is 3. The summed E-state index contributed by atoms with van der Waals surface area (Å²) in [5.41, 5.74) is 5.55. The second-order valence-electron chi connectivity index (χ2n) is 7.62. The van der Waals surface area contributed by atoms with E-state index in [0.29, 0.717) is 11.4 Å². The monoisotopic (exact) mass is 427 g/mol. The first-order valence-electron chi connectivity index (χ1n) is 10.1. The molecule has 0 bridgehead atoms. The van der Waals surface area contributed by atoms with E-state index in [-0.39, 0.29) is 5.91 Å². The van der Waals surface area contributed by atoms with Gasteiger partial charge in [-0.05, 0) is 54.3 Å². The number of likely N-dealkylation sites (N-methyl/N-ethyl adjacent to an activating group) is 1. The van der Waals surface area contributed by atoms with Crippen LogP contribution < -0.4 is 5.32 Å². The molecule has 4 aromatic rings. The zero-order chi connectivity index (χ0) is 21.2. The van der Waals surface area contributed by atoms with Crippen LogP contribution in [0.25, 0.3) is 26.8 Å². The van der Waals surface area contributed by atoms with Gasteiger partial charge in [0.15, 0.2) is 0 Å². The molecule has 3 aromatic heterocycles. The van der Waals surface area contributed by atoms with Crippen molar-refractivity contribution >= 4 is 39.4 Å². The van der Waals surface area contributed by atoms with Crippen molar-refractivity contribution in [2.75, 3.05) is 25.5 Å². The van der Waals surface area contributed by atoms with Crippen molar-refractivity contribution in [3.05, 3.63) is 77.8 Å². The van der Waals surface area contributed by atoms with Crippen molar-refractivity contribution in [2.24, 2.45) is 0 Å². The van der Waals surface area contributed by atoms with Crippen LogP contribution in [0.1, 0.15) is 22.5 Å². The minimum atomic E-state index is -0.192. The quantitative estimate of drug-likeness (QED) is 0.510. The first-order chi connectivity index (χ1) is 15.2. The van der Waals surface area contributed by atoms with Crippen LogP contribution in [0.5, 0.6) is 0 Å². The van der Waals surface area contributed by atoms with Gasteiger partial charge in [0.1, 0.15) is 5.82 Å². The number of amides is 1. The Hall–Kier alpha value is -3.42. The fourth-order valence-corrected chi connectivity index (χ4v) is 4.28. The lowest BCUT2D eigenvalue weighted by Crippen LogP contribution is -2.24. The molecule has 4 heterocycles. The topological polar surface area (TPSA) is 71.0 Å². The molecule has 0 radical (unpaired) electrons. The molecular weight excluding hydrogens is 406 g/mol. The third-order valence-electron chi connectivity index (χ3n) is 5.44. The van der Waals surface area contributed by atoms with Crippen molar-refractivity contribution in [2.45, 2.75) is 6.42 Å². The molecule has 1 aliphatic heterocycles. The molecule has 1 N–H and O–H groups in total. The van der Waals surface area contributed by atoms with E-state index < -0.39 is 0 Å². The summed E-state index contributed by atoms with van der Waals surface area (Å²) in [6, 6.07) is 11.7. The highest BCUT2D eigenvalue weighted by atomic mass is 32.1. The summed E-state index contributed by atoms with van der Waals surface area (Å²) >= 11 is 1.60. The summed E-state index contributed by atoms with van der Waals surface area (Å²) in [7, 11) is 2.10. The van der Waals surface area contributed by atoms with Crippen molar-refractivity contribution in [1.29, 1.82) is 0 Å². The first kappa shape index (κ1) is 19.5. The van der Waals surface area contributed by atoms with E-state index in [4.69, 9.17) is 0 Å². The summed E-state index contributed by atoms with van der Waals surface area (Å²) in [4.78, 5) is 29.3. The highest BCUT2D eigenvalue weighted by molar-refractivity contribution is 7.13. The third-order valence-corrected chi connectivity index (χ3v) is 6.27. The molecule has 1 aliphatic rings. The van der Waals surface area contributed by atoms with E-state index >= 15 is 0 Å². The molecule has 7 heteroatoms. The molecule has 0 fully saturated rings. The van der Waals surface area contributed by atoms with Gasteiger partial charge in [0.25, 0.3) is 5.91 Å². The van der Waals surface area contributed by atoms with E-state index in [1.54, 1.807) is 29.8 Å². The zero-order valence-corrected chi connectivity index (χ0v) is 17.9. The van der Waals surface area contributed by atoms with Gasteiger partial charge in [-0.3, -0.25) is 14.8 Å². The number of carbonyl (C=O) groups is 1. The van der Waals surface area contributed by atoms with Crippen molar-refractivity contribution < 1.29 is 4.79 Å². The molecular formula is C24H21N5OS. The molecule has 31 heavy (non-hydrogen) atoms. The molecule has 0 aliphatic carbocycles. The Balaban J connectivity index is 1.38. The van der Waals surface area contributed by atoms with Gasteiger partial charge in [0.2, 0.25) is 0 Å². The van der Waals surface area contributed by atoms with E-state index in [9.17, 15) is 4.79 Å². The lowest BCUT2D eigenvalue weighted by atomic mass is 10.0. The Morgan fingerprint density at radius 1 is 1.10 bits per heavy atom. The number of carbonyl (C=O) groups excluding carboxylic acids is 1. The van der Waals surface area contributed by atoms with E-state index in [1.165, 1.54) is 5.57 Å². The summed E-state index contributed by atoms with van der Waals surface area (Å²) in [6.45, 7) is 1.90. The largest absolute Gasteiger partial charge is 0.307 e. The molecule has 0 atom stereocenters. The van der Waals surface area contributed by atoms with Gasteiger partial charge in [-0.25, -0.2) is 4.98 Å². The van der Waals surface area contributed by atoms with Crippen LogP contribution in [0.2, 0.25) is 0 Å². The van der Waals surface area contributed by atoms with E-state index in [1.807, 2.05) is 29.9 Å². The van der Waals surface area contributed by atoms with Gasteiger partial charge in [-0.15, -0.1) is 11.3 Å². The van der Waals surface area contributed by atoms with Gasteiger partial charge in [-0.1, -0.05) is 18.2 Å². The predicted octanol–water partition coefficient (Wildman–Crippen LogP) is 4.72. The molecule has 0 saturated carbocycles. The number of fused-ring (bicyclic) bond motifs is 1. The second-order valence-corrected chi connectivity index (χ2v) is 8.51. The number of nitrogens with one attached hydrogen (secondary N) is 1. The maximum atomic E-state index is 12.9. The van der Waals surface area contributed by atoms with Crippen molar-refractivity contribution in [3.63, 3.8) is 0 Å². The van der Waals surface area contributed by atoms with Crippen LogP contribution in [-0.4, -0.2) is 45.9 Å². The van der Waals surface area contributed by atoms with Gasteiger partial charge in [-0.2, -0.15) is 0 Å². The number of hydrogen-bond acceptors (Lipinski definition) is 6. The lowest BCUT2D eigenvalue weighted by Gasteiger charge is -2.21. The molecule has 1 aromatic carbocycles. The predicted molar refractivity (Wildman–Crippen MR) is 125 cm³/mol. The van der Waals surface area contributed by atoms with E-state index in [2.05, 4.69) is 50.4 Å². The fraction of sp³-hybridized carbons (Fsp3) is 0.167. The molecule has 5 rings (SSSR count). The minimum Gasteiger partial charge on any atom is -0.307 e. The number of anilines is 1. The van der Waals surface area contributed by atoms with Gasteiger partial charge in [0, 0.05) is 42.6 Å². The number of thiazole rings is 1. The Kier molecular flexibility index (Phi) is 5.28. The standard InChI is InChI=1S/C24H21N5OS/c1-29-8-5-16(6-9-29)21-11-18(4-7-26-21)24(30)28-23-12-20-10-17(22-14-25-15-31-22)2-3-19(20)13-27-23/h2-5,7,10-15H,6,8-9H2,1H3,(H,27,28,30). The maximum absolute atomic E-state index is 12.9. The average Bonchev–Trinajstić information content (AvgIpc) is 3.34. The van der Waals surface area contributed by atoms with Gasteiger partial charge >= 0.3 is 0 Å². The summed E-state index contributed by atoms with van der Waals surface area (Å²) in [6.07, 6.45) is 8.44. The average molecular weight is 428 g/mol. The summed E-state index contributed by atoms with van der Waals surface area (Å²) < 4.78 is 0. The Labute approximate surface area is 184 Å². The second kappa shape index (κ2) is 8.37. The van der Waals surface area contributed by atoms with Crippen LogP contribution in [-0.2, 0) is 0 Å². The zero-order valence-electron chi connectivity index (χ0n) is 17.1. The van der Waals surface area contributed by atoms with Crippen LogP contribution in [0, 0.1) is 0 Å². The number of rotatable bonds is 4. The van der Waals surface area contributed by atoms with Crippen LogP contribution in [0.3, 0.4) is 0 Å². The van der Waals surface area contributed by atoms with Crippen molar-refractivity contribution in [1.82, 2.24) is 19.9 Å². The van der Waals surface area contributed by atoms with Crippen molar-refractivity contribution in [3.8, 4) is 10.4 Å².